The minimum absolute atomic E-state index is 0.0188. The number of rotatable bonds is 11. The van der Waals surface area contributed by atoms with Crippen LogP contribution in [0.5, 0.6) is 5.75 Å². The second-order valence-corrected chi connectivity index (χ2v) is 8.35. The van der Waals surface area contributed by atoms with Gasteiger partial charge in [-0.3, -0.25) is 19.2 Å². The number of phenols is 1. The van der Waals surface area contributed by atoms with Crippen LogP contribution in [0, 0.1) is 0 Å². The van der Waals surface area contributed by atoms with Crippen LogP contribution in [0.2, 0.25) is 0 Å². The summed E-state index contributed by atoms with van der Waals surface area (Å²) in [5.41, 5.74) is 11.2. The second kappa shape index (κ2) is 12.2. The summed E-state index contributed by atoms with van der Waals surface area (Å²) in [5, 5.41) is 23.8. The minimum Gasteiger partial charge on any atom is -0.508 e. The molecule has 4 unspecified atom stereocenters. The van der Waals surface area contributed by atoms with E-state index in [2.05, 4.69) is 23.3 Å². The van der Waals surface area contributed by atoms with Gasteiger partial charge in [0, 0.05) is 18.7 Å². The van der Waals surface area contributed by atoms with Crippen molar-refractivity contribution in [1.82, 2.24) is 15.5 Å². The van der Waals surface area contributed by atoms with E-state index in [-0.39, 0.29) is 24.5 Å². The molecule has 0 spiro atoms. The lowest BCUT2D eigenvalue weighted by atomic mass is 10.0. The molecule has 1 aliphatic heterocycles. The van der Waals surface area contributed by atoms with Crippen molar-refractivity contribution in [3.05, 3.63) is 29.8 Å². The Morgan fingerprint density at radius 2 is 1.76 bits per heavy atom. The van der Waals surface area contributed by atoms with Gasteiger partial charge in [-0.2, -0.15) is 12.6 Å². The van der Waals surface area contributed by atoms with Crippen molar-refractivity contribution in [3.8, 4) is 5.75 Å². The zero-order valence-electron chi connectivity index (χ0n) is 18.3. The molecule has 12 nitrogen and oxygen atoms in total. The number of likely N-dealkylation sites (tertiary alicyclic amines) is 1. The molecular weight excluding hydrogens is 466 g/mol. The summed E-state index contributed by atoms with van der Waals surface area (Å²) in [6.45, 7) is 0.236. The molecule has 13 heteroatoms. The summed E-state index contributed by atoms with van der Waals surface area (Å²) in [4.78, 5) is 62.1. The molecule has 186 valence electrons. The fourth-order valence-electron chi connectivity index (χ4n) is 3.61. The van der Waals surface area contributed by atoms with Crippen LogP contribution in [0.1, 0.15) is 24.8 Å². The molecule has 1 aromatic carbocycles. The number of aliphatic carboxylic acids is 1. The molecule has 1 heterocycles. The van der Waals surface area contributed by atoms with Gasteiger partial charge < -0.3 is 37.2 Å². The number of hydrogen-bond donors (Lipinski definition) is 7. The SMILES string of the molecule is NC(=O)CC(N)C(=O)NC(CS)C(=O)N1CCCC1C(=O)NC(Cc1ccc(O)cc1)C(=O)O. The third kappa shape index (κ3) is 7.35. The van der Waals surface area contributed by atoms with E-state index in [1.54, 1.807) is 12.1 Å². The van der Waals surface area contributed by atoms with E-state index in [4.69, 9.17) is 11.5 Å². The molecule has 1 saturated heterocycles. The molecule has 2 rings (SSSR count). The van der Waals surface area contributed by atoms with Crippen LogP contribution in [-0.2, 0) is 30.4 Å². The summed E-state index contributed by atoms with van der Waals surface area (Å²) in [6.07, 6.45) is 0.409. The summed E-state index contributed by atoms with van der Waals surface area (Å²) in [6, 6.07) is 1.41. The molecule has 4 amide bonds. The highest BCUT2D eigenvalue weighted by molar-refractivity contribution is 7.80. The number of thiol groups is 1. The zero-order valence-corrected chi connectivity index (χ0v) is 19.2. The van der Waals surface area contributed by atoms with Crippen LogP contribution in [0.3, 0.4) is 0 Å². The molecule has 1 aromatic rings. The number of carboxylic acids is 1. The average Bonchev–Trinajstić information content (AvgIpc) is 3.27. The maximum Gasteiger partial charge on any atom is 0.326 e. The predicted molar refractivity (Wildman–Crippen MR) is 124 cm³/mol. The highest BCUT2D eigenvalue weighted by Gasteiger charge is 2.38. The van der Waals surface area contributed by atoms with E-state index in [1.807, 2.05) is 0 Å². The number of phenolic OH excluding ortho intramolecular Hbond substituents is 1. The number of carbonyl (C=O) groups excluding carboxylic acids is 4. The third-order valence-electron chi connectivity index (χ3n) is 5.38. The first kappa shape index (κ1) is 26.9. The molecule has 34 heavy (non-hydrogen) atoms. The number of nitrogens with two attached hydrogens (primary N) is 2. The van der Waals surface area contributed by atoms with Crippen molar-refractivity contribution in [1.29, 1.82) is 0 Å². The number of primary amides is 1. The quantitative estimate of drug-likeness (QED) is 0.172. The predicted octanol–water partition coefficient (Wildman–Crippen LogP) is -1.89. The van der Waals surface area contributed by atoms with Crippen LogP contribution in [0.25, 0.3) is 0 Å². The van der Waals surface area contributed by atoms with Crippen molar-refractivity contribution in [2.75, 3.05) is 12.3 Å². The van der Waals surface area contributed by atoms with Gasteiger partial charge in [0.15, 0.2) is 0 Å². The van der Waals surface area contributed by atoms with E-state index in [0.29, 0.717) is 18.4 Å². The highest BCUT2D eigenvalue weighted by Crippen LogP contribution is 2.20. The molecule has 0 aromatic heterocycles. The number of hydrogen-bond acceptors (Lipinski definition) is 8. The Balaban J connectivity index is 2.06. The Morgan fingerprint density at radius 1 is 1.12 bits per heavy atom. The summed E-state index contributed by atoms with van der Waals surface area (Å²) < 4.78 is 0. The number of carboxylic acid groups (broad SMARTS) is 1. The lowest BCUT2D eigenvalue weighted by Crippen LogP contribution is -2.57. The Hall–Kier alpha value is -3.32. The molecule has 8 N–H and O–H groups in total. The van der Waals surface area contributed by atoms with E-state index < -0.39 is 60.2 Å². The van der Waals surface area contributed by atoms with E-state index in [9.17, 15) is 34.2 Å². The van der Waals surface area contributed by atoms with Gasteiger partial charge in [-0.05, 0) is 30.5 Å². The van der Waals surface area contributed by atoms with Crippen LogP contribution in [-0.4, -0.2) is 81.2 Å². The molecule has 1 aliphatic rings. The minimum atomic E-state index is -1.25. The van der Waals surface area contributed by atoms with E-state index >= 15 is 0 Å². The number of nitrogens with one attached hydrogen (secondary N) is 2. The second-order valence-electron chi connectivity index (χ2n) is 7.98. The van der Waals surface area contributed by atoms with Gasteiger partial charge in [0.25, 0.3) is 0 Å². The van der Waals surface area contributed by atoms with Gasteiger partial charge in [0.2, 0.25) is 23.6 Å². The number of nitrogens with zero attached hydrogens (tertiary/aromatic N) is 1. The number of benzene rings is 1. The fraction of sp³-hybridized carbons (Fsp3) is 0.476. The molecule has 0 saturated carbocycles. The summed E-state index contributed by atoms with van der Waals surface area (Å²) >= 11 is 4.10. The zero-order chi connectivity index (χ0) is 25.4. The van der Waals surface area contributed by atoms with Crippen molar-refractivity contribution in [2.24, 2.45) is 11.5 Å². The Kier molecular flexibility index (Phi) is 9.69. The first-order valence-corrected chi connectivity index (χ1v) is 11.2. The fourth-order valence-corrected chi connectivity index (χ4v) is 3.86. The number of aromatic hydroxyl groups is 1. The molecular formula is C21H29N5O7S. The molecule has 0 radical (unpaired) electrons. The van der Waals surface area contributed by atoms with Crippen LogP contribution >= 0.6 is 12.6 Å². The van der Waals surface area contributed by atoms with Gasteiger partial charge >= 0.3 is 5.97 Å². The number of amides is 4. The molecule has 1 fully saturated rings. The summed E-state index contributed by atoms with van der Waals surface area (Å²) in [7, 11) is 0. The largest absolute Gasteiger partial charge is 0.508 e. The molecule has 0 aliphatic carbocycles. The first-order valence-electron chi connectivity index (χ1n) is 10.6. The Labute approximate surface area is 201 Å². The van der Waals surface area contributed by atoms with Gasteiger partial charge in [-0.15, -0.1) is 0 Å². The maximum absolute atomic E-state index is 13.0. The third-order valence-corrected chi connectivity index (χ3v) is 5.75. The van der Waals surface area contributed by atoms with E-state index in [0.717, 1.165) is 0 Å². The normalized spacial score (nSPS) is 17.9. The Morgan fingerprint density at radius 3 is 2.32 bits per heavy atom. The van der Waals surface area contributed by atoms with Crippen molar-refractivity contribution in [3.63, 3.8) is 0 Å². The van der Waals surface area contributed by atoms with Gasteiger partial charge in [-0.1, -0.05) is 12.1 Å². The van der Waals surface area contributed by atoms with Crippen LogP contribution in [0.15, 0.2) is 24.3 Å². The van der Waals surface area contributed by atoms with Gasteiger partial charge in [-0.25, -0.2) is 4.79 Å². The van der Waals surface area contributed by atoms with Gasteiger partial charge in [0.1, 0.15) is 23.9 Å². The van der Waals surface area contributed by atoms with Crippen molar-refractivity contribution < 1.29 is 34.2 Å². The molecule has 4 atom stereocenters. The van der Waals surface area contributed by atoms with E-state index in [1.165, 1.54) is 17.0 Å². The summed E-state index contributed by atoms with van der Waals surface area (Å²) in [5.74, 6) is -4.04. The van der Waals surface area contributed by atoms with Crippen molar-refractivity contribution in [2.45, 2.75) is 49.9 Å². The Bertz CT molecular complexity index is 927. The monoisotopic (exact) mass is 495 g/mol. The van der Waals surface area contributed by atoms with Crippen molar-refractivity contribution >= 4 is 42.2 Å². The van der Waals surface area contributed by atoms with Crippen LogP contribution in [0.4, 0.5) is 0 Å². The lowest BCUT2D eigenvalue weighted by Gasteiger charge is -2.29. The smallest absolute Gasteiger partial charge is 0.326 e. The van der Waals surface area contributed by atoms with Crippen LogP contribution < -0.4 is 22.1 Å². The average molecular weight is 496 g/mol. The topological polar surface area (TPSA) is 205 Å². The first-order chi connectivity index (χ1) is 16.0. The lowest BCUT2D eigenvalue weighted by molar-refractivity contribution is -0.144. The standard InChI is InChI=1S/C21H29N5O7S/c22-13(9-17(23)28)18(29)25-15(10-34)20(31)26-7-1-2-16(26)19(30)24-14(21(32)33)8-11-3-5-12(27)6-4-11/h3-6,13-16,27,34H,1-2,7-10,22H2,(H2,23,28)(H,24,30)(H,25,29)(H,32,33). The maximum atomic E-state index is 13.0. The number of carbonyl (C=O) groups is 5. The highest BCUT2D eigenvalue weighted by atomic mass is 32.1. The van der Waals surface area contributed by atoms with Gasteiger partial charge in [0.05, 0.1) is 12.5 Å². The molecule has 0 bridgehead atoms.